The lowest BCUT2D eigenvalue weighted by Gasteiger charge is -2.20. The van der Waals surface area contributed by atoms with Crippen LogP contribution < -0.4 is 5.46 Å². The van der Waals surface area contributed by atoms with Gasteiger partial charge in [0.1, 0.15) is 12.3 Å². The number of benzene rings is 1. The summed E-state index contributed by atoms with van der Waals surface area (Å²) in [5, 5.41) is 0. The summed E-state index contributed by atoms with van der Waals surface area (Å²) in [5.41, 5.74) is -1.12. The second-order valence-electron chi connectivity index (χ2n) is 2.58. The number of hydrogen-bond donors (Lipinski definition) is 0. The van der Waals surface area contributed by atoms with Crippen molar-refractivity contribution in [2.24, 2.45) is 0 Å². The molecule has 0 bridgehead atoms. The molecule has 0 N–H and O–H groups in total. The van der Waals surface area contributed by atoms with Crippen molar-refractivity contribution in [1.82, 2.24) is 0 Å². The highest BCUT2D eigenvalue weighted by Crippen LogP contribution is 2.25. The molecular formula is C6BF5O2S. The lowest BCUT2D eigenvalue weighted by molar-refractivity contribution is 0.369. The second kappa shape index (κ2) is 3.65. The molecule has 1 aliphatic rings. The van der Waals surface area contributed by atoms with Crippen LogP contribution in [0.15, 0.2) is 0 Å². The molecule has 2 nitrogen and oxygen atoms in total. The Bertz CT molecular complexity index is 395. The van der Waals surface area contributed by atoms with E-state index in [9.17, 15) is 22.0 Å². The van der Waals surface area contributed by atoms with E-state index in [0.717, 1.165) is 0 Å². The van der Waals surface area contributed by atoms with Gasteiger partial charge in [-0.2, -0.15) is 0 Å². The van der Waals surface area contributed by atoms with Gasteiger partial charge in [0.05, 0.1) is 5.46 Å². The summed E-state index contributed by atoms with van der Waals surface area (Å²) in [5.74, 6) is -10.1. The Morgan fingerprint density at radius 3 is 1.47 bits per heavy atom. The van der Waals surface area contributed by atoms with Crippen molar-refractivity contribution in [2.75, 3.05) is 0 Å². The lowest BCUT2D eigenvalue weighted by atomic mass is 9.79. The predicted molar refractivity (Wildman–Crippen MR) is 41.4 cm³/mol. The predicted octanol–water partition coefficient (Wildman–Crippen LogP) is 1.69. The summed E-state index contributed by atoms with van der Waals surface area (Å²) in [6.07, 6.45) is 0. The molecule has 0 radical (unpaired) electrons. The molecule has 9 heteroatoms. The minimum Gasteiger partial charge on any atom is -0.316 e. The first-order valence-electron chi connectivity index (χ1n) is 3.54. The minimum absolute atomic E-state index is 0.401. The highest BCUT2D eigenvalue weighted by Gasteiger charge is 2.41. The van der Waals surface area contributed by atoms with Gasteiger partial charge in [0, 0.05) is 0 Å². The Kier molecular flexibility index (Phi) is 2.61. The third-order valence-electron chi connectivity index (χ3n) is 1.73. The molecule has 1 aromatic carbocycles. The molecule has 15 heavy (non-hydrogen) atoms. The monoisotopic (exact) mass is 242 g/mol. The average Bonchev–Trinajstić information content (AvgIpc) is 2.15. The largest absolute Gasteiger partial charge is 0.526 e. The normalized spacial score (nSPS) is 15.4. The van der Waals surface area contributed by atoms with Crippen molar-refractivity contribution in [2.45, 2.75) is 0 Å². The molecule has 0 saturated carbocycles. The molecule has 0 aromatic heterocycles. The molecule has 2 rings (SSSR count). The van der Waals surface area contributed by atoms with E-state index in [0.29, 0.717) is 12.3 Å². The summed E-state index contributed by atoms with van der Waals surface area (Å²) in [6, 6.07) is 0. The van der Waals surface area contributed by atoms with Crippen LogP contribution in [-0.2, 0) is 8.20 Å². The Morgan fingerprint density at radius 2 is 1.13 bits per heavy atom. The molecule has 1 fully saturated rings. The smallest absolute Gasteiger partial charge is 0.316 e. The molecule has 0 amide bonds. The van der Waals surface area contributed by atoms with Crippen molar-refractivity contribution >= 4 is 24.9 Å². The second-order valence-corrected chi connectivity index (χ2v) is 3.10. The standard InChI is InChI=1S/C6BF5O2S/c8-2-1(7-13-15-14-7)3(9)5(11)6(12)4(2)10. The molecule has 1 aromatic rings. The Balaban J connectivity index is 2.62. The van der Waals surface area contributed by atoms with Crippen LogP contribution in [0.4, 0.5) is 22.0 Å². The van der Waals surface area contributed by atoms with E-state index >= 15 is 0 Å². The molecule has 0 spiro atoms. The first-order chi connectivity index (χ1) is 7.04. The summed E-state index contributed by atoms with van der Waals surface area (Å²) >= 11 is 0.401. The fraction of sp³-hybridized carbons (Fsp3) is 0. The molecule has 0 unspecified atom stereocenters. The average molecular weight is 242 g/mol. The van der Waals surface area contributed by atoms with Gasteiger partial charge in [-0.15, -0.1) is 0 Å². The van der Waals surface area contributed by atoms with Crippen LogP contribution in [0.25, 0.3) is 0 Å². The molecule has 0 atom stereocenters. The SMILES string of the molecule is Fc1c(F)c(F)c(B2OSO2)c(F)c1F. The van der Waals surface area contributed by atoms with Gasteiger partial charge in [-0.05, 0) is 0 Å². The van der Waals surface area contributed by atoms with Gasteiger partial charge >= 0.3 is 7.12 Å². The maximum absolute atomic E-state index is 13.0. The Hall–Kier alpha value is -0.795. The third kappa shape index (κ3) is 1.50. The lowest BCUT2D eigenvalue weighted by Crippen LogP contribution is -2.45. The van der Waals surface area contributed by atoms with Crippen molar-refractivity contribution in [3.05, 3.63) is 29.1 Å². The van der Waals surface area contributed by atoms with Gasteiger partial charge in [0.25, 0.3) is 0 Å². The fourth-order valence-corrected chi connectivity index (χ4v) is 1.35. The van der Waals surface area contributed by atoms with Crippen LogP contribution in [0.3, 0.4) is 0 Å². The van der Waals surface area contributed by atoms with Gasteiger partial charge in [0.15, 0.2) is 29.1 Å². The highest BCUT2D eigenvalue weighted by atomic mass is 32.2. The van der Waals surface area contributed by atoms with E-state index < -0.39 is 41.7 Å². The zero-order chi connectivity index (χ0) is 11.2. The Morgan fingerprint density at radius 1 is 0.733 bits per heavy atom. The van der Waals surface area contributed by atoms with Gasteiger partial charge < -0.3 is 8.20 Å². The van der Waals surface area contributed by atoms with Crippen LogP contribution in [-0.4, -0.2) is 7.12 Å². The number of hydrogen-bond acceptors (Lipinski definition) is 3. The van der Waals surface area contributed by atoms with Crippen molar-refractivity contribution < 1.29 is 30.2 Å². The van der Waals surface area contributed by atoms with Crippen LogP contribution in [0.1, 0.15) is 0 Å². The van der Waals surface area contributed by atoms with Crippen molar-refractivity contribution in [1.29, 1.82) is 0 Å². The zero-order valence-corrected chi connectivity index (χ0v) is 7.51. The summed E-state index contributed by atoms with van der Waals surface area (Å²) in [6.45, 7) is 0. The molecule has 80 valence electrons. The summed E-state index contributed by atoms with van der Waals surface area (Å²) in [7, 11) is -1.57. The van der Waals surface area contributed by atoms with E-state index in [1.165, 1.54) is 0 Å². The van der Waals surface area contributed by atoms with Gasteiger partial charge in [-0.3, -0.25) is 0 Å². The number of halogens is 5. The van der Waals surface area contributed by atoms with Crippen molar-refractivity contribution in [3.8, 4) is 0 Å². The minimum atomic E-state index is -2.21. The van der Waals surface area contributed by atoms with Crippen molar-refractivity contribution in [3.63, 3.8) is 0 Å². The zero-order valence-electron chi connectivity index (χ0n) is 6.69. The fourth-order valence-electron chi connectivity index (χ4n) is 1.00. The Labute approximate surface area is 84.9 Å². The van der Waals surface area contributed by atoms with E-state index in [4.69, 9.17) is 0 Å². The molecule has 1 saturated heterocycles. The topological polar surface area (TPSA) is 18.5 Å². The molecule has 1 aliphatic heterocycles. The maximum Gasteiger partial charge on any atom is 0.526 e. The van der Waals surface area contributed by atoms with Gasteiger partial charge in [-0.25, -0.2) is 22.0 Å². The van der Waals surface area contributed by atoms with Gasteiger partial charge in [-0.1, -0.05) is 0 Å². The van der Waals surface area contributed by atoms with Gasteiger partial charge in [0.2, 0.25) is 0 Å². The highest BCUT2D eigenvalue weighted by molar-refractivity contribution is 7.94. The molecule has 0 aliphatic carbocycles. The molecule has 1 heterocycles. The molecular weight excluding hydrogens is 242 g/mol. The van der Waals surface area contributed by atoms with Crippen LogP contribution >= 0.6 is 12.3 Å². The van der Waals surface area contributed by atoms with Crippen LogP contribution in [0.5, 0.6) is 0 Å². The summed E-state index contributed by atoms with van der Waals surface area (Å²) < 4.78 is 72.6. The van der Waals surface area contributed by atoms with E-state index in [1.54, 1.807) is 0 Å². The van der Waals surface area contributed by atoms with E-state index in [1.807, 2.05) is 0 Å². The first kappa shape index (κ1) is 10.7. The number of rotatable bonds is 1. The summed E-state index contributed by atoms with van der Waals surface area (Å²) in [4.78, 5) is 0. The third-order valence-corrected chi connectivity index (χ3v) is 2.24. The van der Waals surface area contributed by atoms with Crippen LogP contribution in [0.2, 0.25) is 0 Å². The van der Waals surface area contributed by atoms with Crippen LogP contribution in [0, 0.1) is 29.1 Å². The quantitative estimate of drug-likeness (QED) is 0.245. The van der Waals surface area contributed by atoms with E-state index in [2.05, 4.69) is 8.20 Å². The first-order valence-corrected chi connectivity index (χ1v) is 4.20. The maximum atomic E-state index is 13.0. The van der Waals surface area contributed by atoms with E-state index in [-0.39, 0.29) is 0 Å².